The van der Waals surface area contributed by atoms with Crippen molar-refractivity contribution in [3.8, 4) is 10.6 Å². The quantitative estimate of drug-likeness (QED) is 0.314. The van der Waals surface area contributed by atoms with Gasteiger partial charge in [-0.3, -0.25) is 4.79 Å². The van der Waals surface area contributed by atoms with Crippen LogP contribution in [0.2, 0.25) is 10.0 Å². The molecule has 0 atom stereocenters. The summed E-state index contributed by atoms with van der Waals surface area (Å²) in [5.74, 6) is -0.776. The number of carbonyl (C=O) groups is 1. The number of nitrogens with one attached hydrogen (secondary N) is 1. The zero-order valence-electron chi connectivity index (χ0n) is 14.5. The van der Waals surface area contributed by atoms with E-state index in [-0.39, 0.29) is 37.2 Å². The molecule has 0 fully saturated rings. The van der Waals surface area contributed by atoms with Gasteiger partial charge in [0, 0.05) is 0 Å². The largest absolute Gasteiger partial charge is 0.433 e. The number of alkyl halides is 3. The maximum absolute atomic E-state index is 13.7. The summed E-state index contributed by atoms with van der Waals surface area (Å²) in [5.41, 5.74) is -1.17. The van der Waals surface area contributed by atoms with Crippen LogP contribution in [0.15, 0.2) is 46.3 Å². The fraction of sp³-hybridized carbons (Fsp3) is 0.0556. The zero-order chi connectivity index (χ0) is 21.6. The number of hydrogen-bond acceptors (Lipinski definition) is 4. The minimum absolute atomic E-state index is 0.0158. The molecule has 3 heterocycles. The smallest absolute Gasteiger partial charge is 0.319 e. The van der Waals surface area contributed by atoms with Crippen LogP contribution < -0.4 is 5.32 Å². The van der Waals surface area contributed by atoms with E-state index in [0.29, 0.717) is 9.39 Å². The first-order chi connectivity index (χ1) is 14.2. The Hall–Kier alpha value is -2.14. The Bertz CT molecular complexity index is 1270. The van der Waals surface area contributed by atoms with Crippen LogP contribution >= 0.6 is 50.5 Å². The highest BCUT2D eigenvalue weighted by Crippen LogP contribution is 2.36. The van der Waals surface area contributed by atoms with Gasteiger partial charge in [-0.25, -0.2) is 9.50 Å². The number of fused-ring (bicyclic) bond motifs is 1. The van der Waals surface area contributed by atoms with Crippen molar-refractivity contribution in [1.29, 1.82) is 0 Å². The fourth-order valence-corrected chi connectivity index (χ4v) is 4.22. The second-order valence-corrected chi connectivity index (χ2v) is 8.48. The number of anilines is 1. The standard InChI is InChI=1S/C18H8BrCl2F3N4OS/c19-13-15(17(29)26-9-4-1-3-8(20)14(9)21)27-28-12(18(22,23)24)7-10(25-16(13)28)11-5-2-6-30-11/h1-7H,(H,26,29). The number of halogens is 6. The molecule has 4 rings (SSSR count). The maximum atomic E-state index is 13.7. The first-order valence-electron chi connectivity index (χ1n) is 8.12. The van der Waals surface area contributed by atoms with Gasteiger partial charge in [-0.15, -0.1) is 11.3 Å². The van der Waals surface area contributed by atoms with Crippen LogP contribution in [0.4, 0.5) is 18.9 Å². The van der Waals surface area contributed by atoms with Gasteiger partial charge < -0.3 is 5.32 Å². The van der Waals surface area contributed by atoms with Crippen LogP contribution in [-0.2, 0) is 6.18 Å². The van der Waals surface area contributed by atoms with Crippen molar-refractivity contribution in [2.24, 2.45) is 0 Å². The Kier molecular flexibility index (Phi) is 5.52. The van der Waals surface area contributed by atoms with Crippen molar-refractivity contribution in [1.82, 2.24) is 14.6 Å². The molecule has 0 bridgehead atoms. The molecule has 154 valence electrons. The normalized spacial score (nSPS) is 11.8. The summed E-state index contributed by atoms with van der Waals surface area (Å²) in [7, 11) is 0. The molecule has 1 N–H and O–H groups in total. The van der Waals surface area contributed by atoms with Gasteiger partial charge in [-0.2, -0.15) is 18.3 Å². The van der Waals surface area contributed by atoms with Gasteiger partial charge in [-0.1, -0.05) is 35.3 Å². The van der Waals surface area contributed by atoms with Crippen LogP contribution in [0.25, 0.3) is 16.2 Å². The first-order valence-corrected chi connectivity index (χ1v) is 10.6. The lowest BCUT2D eigenvalue weighted by molar-refractivity contribution is -0.142. The van der Waals surface area contributed by atoms with Gasteiger partial charge >= 0.3 is 6.18 Å². The molecule has 0 unspecified atom stereocenters. The lowest BCUT2D eigenvalue weighted by Crippen LogP contribution is -2.16. The molecule has 0 aliphatic heterocycles. The Labute approximate surface area is 189 Å². The monoisotopic (exact) mass is 534 g/mol. The highest BCUT2D eigenvalue weighted by Gasteiger charge is 2.36. The zero-order valence-corrected chi connectivity index (χ0v) is 18.4. The Balaban J connectivity index is 1.85. The number of hydrogen-bond donors (Lipinski definition) is 1. The third-order valence-electron chi connectivity index (χ3n) is 4.01. The van der Waals surface area contributed by atoms with Crippen LogP contribution in [0, 0.1) is 0 Å². The fourth-order valence-electron chi connectivity index (χ4n) is 2.67. The molecule has 0 aliphatic rings. The average molecular weight is 536 g/mol. The molecule has 30 heavy (non-hydrogen) atoms. The van der Waals surface area contributed by atoms with Gasteiger partial charge in [0.25, 0.3) is 5.91 Å². The molecule has 0 aliphatic carbocycles. The van der Waals surface area contributed by atoms with Crippen molar-refractivity contribution in [3.63, 3.8) is 0 Å². The molecular weight excluding hydrogens is 528 g/mol. The summed E-state index contributed by atoms with van der Waals surface area (Å²) in [6, 6.07) is 8.87. The van der Waals surface area contributed by atoms with Crippen molar-refractivity contribution in [2.75, 3.05) is 5.32 Å². The van der Waals surface area contributed by atoms with E-state index in [1.807, 2.05) is 0 Å². The molecular formula is C18H8BrCl2F3N4OS. The lowest BCUT2D eigenvalue weighted by Gasteiger charge is -2.10. The third-order valence-corrected chi connectivity index (χ3v) is 6.45. The molecule has 4 aromatic rings. The minimum Gasteiger partial charge on any atom is -0.319 e. The van der Waals surface area contributed by atoms with E-state index >= 15 is 0 Å². The maximum Gasteiger partial charge on any atom is 0.433 e. The third kappa shape index (κ3) is 3.80. The van der Waals surface area contributed by atoms with Gasteiger partial charge in [-0.05, 0) is 45.6 Å². The number of nitrogens with zero attached hydrogens (tertiary/aromatic N) is 3. The topological polar surface area (TPSA) is 59.3 Å². The van der Waals surface area contributed by atoms with Crippen LogP contribution in [0.1, 0.15) is 16.2 Å². The number of benzene rings is 1. The van der Waals surface area contributed by atoms with Gasteiger partial charge in [0.05, 0.1) is 30.8 Å². The van der Waals surface area contributed by atoms with Gasteiger partial charge in [0.1, 0.15) is 0 Å². The van der Waals surface area contributed by atoms with Gasteiger partial charge in [0.2, 0.25) is 0 Å². The van der Waals surface area contributed by atoms with E-state index in [4.69, 9.17) is 23.2 Å². The molecule has 1 amide bonds. The molecule has 0 saturated heterocycles. The van der Waals surface area contributed by atoms with Crippen LogP contribution in [0.3, 0.4) is 0 Å². The summed E-state index contributed by atoms with van der Waals surface area (Å²) < 4.78 is 41.7. The van der Waals surface area contributed by atoms with Crippen molar-refractivity contribution in [3.05, 3.63) is 67.7 Å². The molecule has 0 radical (unpaired) electrons. The van der Waals surface area contributed by atoms with Crippen LogP contribution in [-0.4, -0.2) is 20.5 Å². The predicted octanol–water partition coefficient (Wildman–Crippen LogP) is 6.80. The Morgan fingerprint density at radius 2 is 1.97 bits per heavy atom. The molecule has 3 aromatic heterocycles. The Morgan fingerprint density at radius 3 is 2.63 bits per heavy atom. The SMILES string of the molecule is O=C(Nc1cccc(Cl)c1Cl)c1nn2c(C(F)(F)F)cc(-c3cccs3)nc2c1Br. The van der Waals surface area contributed by atoms with E-state index < -0.39 is 17.8 Å². The van der Waals surface area contributed by atoms with Crippen molar-refractivity contribution in [2.45, 2.75) is 6.18 Å². The van der Waals surface area contributed by atoms with Crippen LogP contribution in [0.5, 0.6) is 0 Å². The minimum atomic E-state index is -4.72. The number of thiophene rings is 1. The molecule has 5 nitrogen and oxygen atoms in total. The second-order valence-electron chi connectivity index (χ2n) is 5.96. The molecule has 0 spiro atoms. The number of carbonyl (C=O) groups excluding carboxylic acids is 1. The summed E-state index contributed by atoms with van der Waals surface area (Å²) in [5, 5.41) is 8.39. The summed E-state index contributed by atoms with van der Waals surface area (Å²) in [6.45, 7) is 0. The van der Waals surface area contributed by atoms with E-state index in [2.05, 4.69) is 31.3 Å². The highest BCUT2D eigenvalue weighted by atomic mass is 79.9. The second kappa shape index (κ2) is 7.84. The summed E-state index contributed by atoms with van der Waals surface area (Å²) >= 11 is 16.4. The van der Waals surface area contributed by atoms with Crippen molar-refractivity contribution >= 4 is 67.7 Å². The number of rotatable bonds is 3. The first kappa shape index (κ1) is 21.1. The molecule has 0 saturated carbocycles. The molecule has 12 heteroatoms. The molecule has 1 aromatic carbocycles. The van der Waals surface area contributed by atoms with E-state index in [0.717, 1.165) is 6.07 Å². The van der Waals surface area contributed by atoms with E-state index in [9.17, 15) is 18.0 Å². The van der Waals surface area contributed by atoms with E-state index in [1.54, 1.807) is 23.6 Å². The summed E-state index contributed by atoms with van der Waals surface area (Å²) in [6.07, 6.45) is -4.72. The predicted molar refractivity (Wildman–Crippen MR) is 113 cm³/mol. The summed E-state index contributed by atoms with van der Waals surface area (Å²) in [4.78, 5) is 17.5. The highest BCUT2D eigenvalue weighted by molar-refractivity contribution is 9.10. The van der Waals surface area contributed by atoms with Gasteiger partial charge in [0.15, 0.2) is 17.0 Å². The Morgan fingerprint density at radius 1 is 1.20 bits per heavy atom. The average Bonchev–Trinajstić information content (AvgIpc) is 3.32. The van der Waals surface area contributed by atoms with E-state index in [1.165, 1.54) is 23.5 Å². The number of amides is 1. The number of aromatic nitrogens is 3. The lowest BCUT2D eigenvalue weighted by atomic mass is 10.2. The van der Waals surface area contributed by atoms with Crippen molar-refractivity contribution < 1.29 is 18.0 Å².